The molecule has 5 aromatic rings. The Kier molecular flexibility index (Phi) is 6.94. The van der Waals surface area contributed by atoms with Crippen LogP contribution in [0.25, 0.3) is 33.0 Å². The van der Waals surface area contributed by atoms with E-state index in [-0.39, 0.29) is 23.0 Å². The Hall–Kier alpha value is -4.85. The Morgan fingerprint density at radius 3 is 2.38 bits per heavy atom. The number of aryl methyl sites for hydroxylation is 1. The minimum absolute atomic E-state index is 0.163. The minimum Gasteiger partial charge on any atom is -0.497 e. The van der Waals surface area contributed by atoms with Crippen molar-refractivity contribution in [3.63, 3.8) is 0 Å². The van der Waals surface area contributed by atoms with Crippen LogP contribution in [0.3, 0.4) is 0 Å². The van der Waals surface area contributed by atoms with Gasteiger partial charge in [0.05, 0.1) is 44.2 Å². The number of rotatable bonds is 7. The number of carbonyl (C=O) groups excluding carboxylic acids is 1. The van der Waals surface area contributed by atoms with Gasteiger partial charge in [-0.2, -0.15) is 0 Å². The molecule has 0 spiro atoms. The van der Waals surface area contributed by atoms with Gasteiger partial charge in [-0.25, -0.2) is 0 Å². The first kappa shape index (κ1) is 25.8. The van der Waals surface area contributed by atoms with Gasteiger partial charge in [0, 0.05) is 24.1 Å². The summed E-state index contributed by atoms with van der Waals surface area (Å²) in [5, 5.41) is 1.12. The molecule has 0 aliphatic rings. The lowest BCUT2D eigenvalue weighted by Gasteiger charge is -2.21. The summed E-state index contributed by atoms with van der Waals surface area (Å²) in [6, 6.07) is 19.6. The summed E-state index contributed by atoms with van der Waals surface area (Å²) in [7, 11) is 6.04. The number of carbonyl (C=O) groups is 1. The summed E-state index contributed by atoms with van der Waals surface area (Å²) in [6.45, 7) is 0. The molecule has 0 bridgehead atoms. The van der Waals surface area contributed by atoms with Gasteiger partial charge in [-0.1, -0.05) is 30.3 Å². The Balaban J connectivity index is 1.79. The van der Waals surface area contributed by atoms with E-state index in [2.05, 4.69) is 0 Å². The van der Waals surface area contributed by atoms with E-state index in [4.69, 9.17) is 18.6 Å². The molecule has 198 valence electrons. The van der Waals surface area contributed by atoms with Crippen molar-refractivity contribution in [3.8, 4) is 22.6 Å². The number of nitrogens with zero attached hydrogens (tertiary/aromatic N) is 1. The van der Waals surface area contributed by atoms with Gasteiger partial charge < -0.3 is 23.2 Å². The number of hydrogen-bond acceptors (Lipinski definition) is 7. The van der Waals surface area contributed by atoms with E-state index in [1.54, 1.807) is 61.2 Å². The van der Waals surface area contributed by atoms with Crippen molar-refractivity contribution >= 4 is 27.8 Å². The average molecular weight is 526 g/mol. The molecular formula is C31H27NO7. The second-order valence-electron chi connectivity index (χ2n) is 9.12. The number of methoxy groups -OCH3 is 3. The zero-order chi connectivity index (χ0) is 27.7. The fourth-order valence-corrected chi connectivity index (χ4v) is 5.00. The maximum absolute atomic E-state index is 13.7. The van der Waals surface area contributed by atoms with Gasteiger partial charge in [0.15, 0.2) is 0 Å². The highest BCUT2D eigenvalue weighted by molar-refractivity contribution is 5.88. The molecule has 5 rings (SSSR count). The monoisotopic (exact) mass is 525 g/mol. The van der Waals surface area contributed by atoms with Gasteiger partial charge in [0.25, 0.3) is 5.56 Å². The van der Waals surface area contributed by atoms with Crippen LogP contribution in [0, 0.1) is 0 Å². The van der Waals surface area contributed by atoms with Crippen molar-refractivity contribution in [1.82, 2.24) is 4.57 Å². The van der Waals surface area contributed by atoms with Crippen LogP contribution in [0.2, 0.25) is 0 Å². The maximum Gasteiger partial charge on any atom is 0.306 e. The first-order chi connectivity index (χ1) is 18.9. The molecule has 2 heterocycles. The molecule has 1 atom stereocenters. The Morgan fingerprint density at radius 2 is 1.69 bits per heavy atom. The van der Waals surface area contributed by atoms with Crippen LogP contribution in [0.1, 0.15) is 23.5 Å². The molecule has 2 aromatic heterocycles. The highest BCUT2D eigenvalue weighted by Gasteiger charge is 2.29. The van der Waals surface area contributed by atoms with E-state index < -0.39 is 11.9 Å². The number of pyridine rings is 1. The van der Waals surface area contributed by atoms with Gasteiger partial charge in [0.1, 0.15) is 23.3 Å². The smallest absolute Gasteiger partial charge is 0.306 e. The van der Waals surface area contributed by atoms with Crippen LogP contribution in [-0.2, 0) is 16.6 Å². The fourth-order valence-electron chi connectivity index (χ4n) is 5.00. The van der Waals surface area contributed by atoms with E-state index in [1.165, 1.54) is 20.5 Å². The van der Waals surface area contributed by atoms with Crippen LogP contribution in [0.15, 0.2) is 87.0 Å². The second-order valence-corrected chi connectivity index (χ2v) is 9.12. The first-order valence-electron chi connectivity index (χ1n) is 12.3. The normalized spacial score (nSPS) is 11.9. The van der Waals surface area contributed by atoms with Crippen LogP contribution < -0.4 is 20.5 Å². The molecule has 0 saturated carbocycles. The zero-order valence-corrected chi connectivity index (χ0v) is 22.0. The molecule has 0 aliphatic carbocycles. The number of ether oxygens (including phenoxy) is 3. The van der Waals surface area contributed by atoms with Crippen LogP contribution in [-0.4, -0.2) is 31.9 Å². The number of benzene rings is 3. The summed E-state index contributed by atoms with van der Waals surface area (Å²) in [5.41, 5.74) is 2.27. The van der Waals surface area contributed by atoms with Crippen LogP contribution in [0.4, 0.5) is 0 Å². The van der Waals surface area contributed by atoms with Crippen LogP contribution >= 0.6 is 0 Å². The Bertz CT molecular complexity index is 1820. The maximum atomic E-state index is 13.7. The highest BCUT2D eigenvalue weighted by atomic mass is 16.5. The number of hydrogen-bond donors (Lipinski definition) is 0. The van der Waals surface area contributed by atoms with Gasteiger partial charge in [-0.15, -0.1) is 0 Å². The standard InChI is InChI=1S/C31H27NO7/c1-32-25-8-6-5-7-19(25)15-23(31(32)35)22(16-27(33)38-4)28-26(37-3)14-13-21-29(34)24(17-39-30(21)28)18-9-11-20(36-2)12-10-18/h5-15,17,22H,16H2,1-4H3/t22-/m1/s1. The molecule has 8 heteroatoms. The zero-order valence-electron chi connectivity index (χ0n) is 22.0. The molecule has 0 fully saturated rings. The van der Waals surface area contributed by atoms with E-state index >= 15 is 0 Å². The number of para-hydroxylation sites is 1. The molecule has 39 heavy (non-hydrogen) atoms. The second kappa shape index (κ2) is 10.5. The summed E-state index contributed by atoms with van der Waals surface area (Å²) >= 11 is 0. The summed E-state index contributed by atoms with van der Waals surface area (Å²) in [6.07, 6.45) is 1.23. The third-order valence-corrected chi connectivity index (χ3v) is 7.04. The molecule has 0 saturated heterocycles. The summed E-state index contributed by atoms with van der Waals surface area (Å²) < 4.78 is 23.5. The molecule has 0 amide bonds. The SMILES string of the molecule is COC(=O)C[C@H](c1cc2ccccc2n(C)c1=O)c1c(OC)ccc2c(=O)c(-c3ccc(OC)cc3)coc12. The van der Waals surface area contributed by atoms with Gasteiger partial charge in [-0.05, 0) is 47.3 Å². The predicted molar refractivity (Wildman–Crippen MR) is 149 cm³/mol. The van der Waals surface area contributed by atoms with Gasteiger partial charge >= 0.3 is 5.97 Å². The van der Waals surface area contributed by atoms with E-state index in [1.807, 2.05) is 24.3 Å². The van der Waals surface area contributed by atoms with Gasteiger partial charge in [0.2, 0.25) is 5.43 Å². The highest BCUT2D eigenvalue weighted by Crippen LogP contribution is 2.39. The molecule has 0 N–H and O–H groups in total. The molecule has 0 radical (unpaired) electrons. The predicted octanol–water partition coefficient (Wildman–Crippen LogP) is 5.02. The number of fused-ring (bicyclic) bond motifs is 2. The lowest BCUT2D eigenvalue weighted by atomic mass is 9.86. The fraction of sp³-hybridized carbons (Fsp3) is 0.194. The van der Waals surface area contributed by atoms with Crippen LogP contribution in [0.5, 0.6) is 11.5 Å². The summed E-state index contributed by atoms with van der Waals surface area (Å²) in [5.74, 6) is -0.286. The number of esters is 1. The quantitative estimate of drug-likeness (QED) is 0.275. The van der Waals surface area contributed by atoms with E-state index in [0.717, 1.165) is 10.9 Å². The average Bonchev–Trinajstić information content (AvgIpc) is 2.97. The van der Waals surface area contributed by atoms with Crippen molar-refractivity contribution in [3.05, 3.63) is 105 Å². The molecule has 0 unspecified atom stereocenters. The topological polar surface area (TPSA) is 97.0 Å². The minimum atomic E-state index is -0.811. The number of aromatic nitrogens is 1. The Labute approximate surface area is 224 Å². The molecular weight excluding hydrogens is 498 g/mol. The van der Waals surface area contributed by atoms with Crippen molar-refractivity contribution in [1.29, 1.82) is 0 Å². The summed E-state index contributed by atoms with van der Waals surface area (Å²) in [4.78, 5) is 40.0. The van der Waals surface area contributed by atoms with Gasteiger partial charge in [-0.3, -0.25) is 14.4 Å². The lowest BCUT2D eigenvalue weighted by Crippen LogP contribution is -2.26. The largest absolute Gasteiger partial charge is 0.497 e. The molecule has 8 nitrogen and oxygen atoms in total. The third-order valence-electron chi connectivity index (χ3n) is 7.04. The van der Waals surface area contributed by atoms with Crippen molar-refractivity contribution in [2.24, 2.45) is 7.05 Å². The molecule has 0 aliphatic heterocycles. The van der Waals surface area contributed by atoms with E-state index in [0.29, 0.717) is 39.1 Å². The first-order valence-corrected chi connectivity index (χ1v) is 12.3. The van der Waals surface area contributed by atoms with E-state index in [9.17, 15) is 14.4 Å². The van der Waals surface area contributed by atoms with Crippen molar-refractivity contribution < 1.29 is 23.4 Å². The lowest BCUT2D eigenvalue weighted by molar-refractivity contribution is -0.140. The van der Waals surface area contributed by atoms with Crippen molar-refractivity contribution in [2.75, 3.05) is 21.3 Å². The third kappa shape index (κ3) is 4.54. The Morgan fingerprint density at radius 1 is 0.949 bits per heavy atom. The van der Waals surface area contributed by atoms with Crippen molar-refractivity contribution in [2.45, 2.75) is 12.3 Å². The molecule has 3 aromatic carbocycles.